The van der Waals surface area contributed by atoms with E-state index in [0.717, 1.165) is 12.3 Å². The van der Waals surface area contributed by atoms with E-state index in [-0.39, 0.29) is 0 Å². The fraction of sp³-hybridized carbons (Fsp3) is 0.600. The van der Waals surface area contributed by atoms with Crippen LogP contribution in [0.25, 0.3) is 0 Å². The molecule has 0 saturated heterocycles. The normalized spacial score (nSPS) is 10.3. The highest BCUT2D eigenvalue weighted by molar-refractivity contribution is 6.17. The molecule has 0 unspecified atom stereocenters. The molecule has 0 N–H and O–H groups in total. The standard InChI is InChI=1S/C5H9Cl/c1-2-3-4-5-6/h2-3H,4-5H2,1H3/b3-2+. The molecule has 0 spiro atoms. The van der Waals surface area contributed by atoms with Gasteiger partial charge in [-0.1, -0.05) is 12.2 Å². The minimum Gasteiger partial charge on any atom is -0.126 e. The molecule has 0 atom stereocenters. The zero-order valence-corrected chi connectivity index (χ0v) is 4.70. The van der Waals surface area contributed by atoms with Gasteiger partial charge >= 0.3 is 0 Å². The van der Waals surface area contributed by atoms with Gasteiger partial charge in [-0.25, -0.2) is 0 Å². The molecule has 0 aliphatic rings. The SMILES string of the molecule is C/C=C/CCCl. The maximum Gasteiger partial charge on any atom is 0.0257 e. The van der Waals surface area contributed by atoms with Crippen LogP contribution in [0.3, 0.4) is 0 Å². The van der Waals surface area contributed by atoms with Gasteiger partial charge in [0.1, 0.15) is 0 Å². The predicted octanol–water partition coefficient (Wildman–Crippen LogP) is 2.19. The third-order valence-electron chi connectivity index (χ3n) is 0.511. The summed E-state index contributed by atoms with van der Waals surface area (Å²) >= 11 is 5.33. The third kappa shape index (κ3) is 4.03. The van der Waals surface area contributed by atoms with Crippen molar-refractivity contribution in [3.63, 3.8) is 0 Å². The van der Waals surface area contributed by atoms with Crippen LogP contribution in [0.5, 0.6) is 0 Å². The van der Waals surface area contributed by atoms with Crippen molar-refractivity contribution in [1.82, 2.24) is 0 Å². The Labute approximate surface area is 43.8 Å². The van der Waals surface area contributed by atoms with Crippen LogP contribution in [0.2, 0.25) is 0 Å². The van der Waals surface area contributed by atoms with Gasteiger partial charge < -0.3 is 0 Å². The average molecular weight is 105 g/mol. The number of hydrogen-bond donors (Lipinski definition) is 0. The van der Waals surface area contributed by atoms with Crippen LogP contribution in [-0.4, -0.2) is 5.88 Å². The van der Waals surface area contributed by atoms with E-state index >= 15 is 0 Å². The first-order valence-corrected chi connectivity index (χ1v) is 2.62. The molecular weight excluding hydrogens is 95.5 g/mol. The van der Waals surface area contributed by atoms with Crippen molar-refractivity contribution in [1.29, 1.82) is 0 Å². The molecule has 0 bridgehead atoms. The monoisotopic (exact) mass is 104 g/mol. The third-order valence-corrected chi connectivity index (χ3v) is 0.730. The Bertz CT molecular complexity index is 39.2. The van der Waals surface area contributed by atoms with Crippen LogP contribution in [0, 0.1) is 0 Å². The summed E-state index contributed by atoms with van der Waals surface area (Å²) in [7, 11) is 0. The maximum atomic E-state index is 5.33. The molecule has 1 heteroatoms. The Morgan fingerprint density at radius 1 is 1.67 bits per heavy atom. The first kappa shape index (κ1) is 6.03. The molecule has 6 heavy (non-hydrogen) atoms. The van der Waals surface area contributed by atoms with E-state index < -0.39 is 0 Å². The van der Waals surface area contributed by atoms with E-state index in [9.17, 15) is 0 Å². The van der Waals surface area contributed by atoms with Gasteiger partial charge in [-0.3, -0.25) is 0 Å². The summed E-state index contributed by atoms with van der Waals surface area (Å²) < 4.78 is 0. The molecule has 0 rings (SSSR count). The Morgan fingerprint density at radius 3 is 2.50 bits per heavy atom. The van der Waals surface area contributed by atoms with E-state index in [1.54, 1.807) is 0 Å². The Hall–Kier alpha value is 0.0300. The van der Waals surface area contributed by atoms with Gasteiger partial charge in [0.05, 0.1) is 0 Å². The van der Waals surface area contributed by atoms with Crippen LogP contribution in [0.4, 0.5) is 0 Å². The lowest BCUT2D eigenvalue weighted by Crippen LogP contribution is -1.62. The van der Waals surface area contributed by atoms with Gasteiger partial charge in [0.2, 0.25) is 0 Å². The Balaban J connectivity index is 2.66. The van der Waals surface area contributed by atoms with Crippen LogP contribution in [0.15, 0.2) is 12.2 Å². The van der Waals surface area contributed by atoms with Crippen molar-refractivity contribution in [2.45, 2.75) is 13.3 Å². The summed E-state index contributed by atoms with van der Waals surface area (Å²) in [6.45, 7) is 1.99. The quantitative estimate of drug-likeness (QED) is 0.372. The van der Waals surface area contributed by atoms with Crippen LogP contribution in [0.1, 0.15) is 13.3 Å². The molecule has 0 aliphatic carbocycles. The van der Waals surface area contributed by atoms with E-state index in [0.29, 0.717) is 0 Å². The van der Waals surface area contributed by atoms with Crippen molar-refractivity contribution in [3.05, 3.63) is 12.2 Å². The number of rotatable bonds is 2. The van der Waals surface area contributed by atoms with Gasteiger partial charge in [0.25, 0.3) is 0 Å². The summed E-state index contributed by atoms with van der Waals surface area (Å²) in [5, 5.41) is 0. The van der Waals surface area contributed by atoms with Crippen molar-refractivity contribution >= 4 is 11.6 Å². The molecule has 0 aromatic heterocycles. The molecule has 0 aliphatic heterocycles. The van der Waals surface area contributed by atoms with E-state index in [1.807, 2.05) is 19.1 Å². The molecule has 0 heterocycles. The second kappa shape index (κ2) is 5.03. The van der Waals surface area contributed by atoms with Crippen molar-refractivity contribution in [2.24, 2.45) is 0 Å². The van der Waals surface area contributed by atoms with E-state index in [1.165, 1.54) is 0 Å². The highest BCUT2D eigenvalue weighted by Gasteiger charge is 1.66. The molecule has 0 amide bonds. The van der Waals surface area contributed by atoms with E-state index in [4.69, 9.17) is 11.6 Å². The summed E-state index contributed by atoms with van der Waals surface area (Å²) in [6, 6.07) is 0. The zero-order valence-electron chi connectivity index (χ0n) is 3.95. The molecule has 36 valence electrons. The lowest BCUT2D eigenvalue weighted by Gasteiger charge is -1.74. The molecule has 0 radical (unpaired) electrons. The lowest BCUT2D eigenvalue weighted by atomic mass is 10.4. The molecular formula is C5H9Cl. The Kier molecular flexibility index (Phi) is 5.06. The number of alkyl halides is 1. The summed E-state index contributed by atoms with van der Waals surface area (Å²) in [5.41, 5.74) is 0. The first-order valence-electron chi connectivity index (χ1n) is 2.09. The van der Waals surface area contributed by atoms with Gasteiger partial charge in [0.15, 0.2) is 0 Å². The second-order valence-electron chi connectivity index (χ2n) is 1.05. The largest absolute Gasteiger partial charge is 0.126 e. The fourth-order valence-electron chi connectivity index (χ4n) is 0.230. The highest BCUT2D eigenvalue weighted by Crippen LogP contribution is 1.83. The van der Waals surface area contributed by atoms with Crippen LogP contribution < -0.4 is 0 Å². The minimum absolute atomic E-state index is 0.740. The number of hydrogen-bond acceptors (Lipinski definition) is 0. The highest BCUT2D eigenvalue weighted by atomic mass is 35.5. The van der Waals surface area contributed by atoms with Gasteiger partial charge in [-0.15, -0.1) is 11.6 Å². The molecule has 0 fully saturated rings. The Morgan fingerprint density at radius 2 is 2.33 bits per heavy atom. The number of halogens is 1. The van der Waals surface area contributed by atoms with E-state index in [2.05, 4.69) is 0 Å². The number of allylic oxidation sites excluding steroid dienone is 2. The predicted molar refractivity (Wildman–Crippen MR) is 30.2 cm³/mol. The topological polar surface area (TPSA) is 0 Å². The average Bonchev–Trinajstić information content (AvgIpc) is 1.61. The van der Waals surface area contributed by atoms with Crippen LogP contribution in [-0.2, 0) is 0 Å². The smallest absolute Gasteiger partial charge is 0.0257 e. The van der Waals surface area contributed by atoms with Crippen molar-refractivity contribution < 1.29 is 0 Å². The maximum absolute atomic E-state index is 5.33. The first-order chi connectivity index (χ1) is 2.91. The second-order valence-corrected chi connectivity index (χ2v) is 1.42. The van der Waals surface area contributed by atoms with Crippen molar-refractivity contribution in [3.8, 4) is 0 Å². The minimum atomic E-state index is 0.740. The van der Waals surface area contributed by atoms with Gasteiger partial charge in [-0.2, -0.15) is 0 Å². The summed E-state index contributed by atoms with van der Waals surface area (Å²) in [5.74, 6) is 0.740. The van der Waals surface area contributed by atoms with Gasteiger partial charge in [-0.05, 0) is 13.3 Å². The van der Waals surface area contributed by atoms with Crippen molar-refractivity contribution in [2.75, 3.05) is 5.88 Å². The lowest BCUT2D eigenvalue weighted by molar-refractivity contribution is 1.23. The van der Waals surface area contributed by atoms with Gasteiger partial charge in [0, 0.05) is 5.88 Å². The summed E-state index contributed by atoms with van der Waals surface area (Å²) in [6.07, 6.45) is 5.05. The molecule has 0 aromatic rings. The zero-order chi connectivity index (χ0) is 4.83. The summed E-state index contributed by atoms with van der Waals surface area (Å²) in [4.78, 5) is 0. The molecule has 0 aromatic carbocycles. The fourth-order valence-corrected chi connectivity index (χ4v) is 0.356. The molecule has 0 saturated carbocycles. The molecule has 0 nitrogen and oxygen atoms in total. The van der Waals surface area contributed by atoms with Crippen LogP contribution >= 0.6 is 11.6 Å².